The highest BCUT2D eigenvalue weighted by Gasteiger charge is 2.41. The van der Waals surface area contributed by atoms with Gasteiger partial charge in [-0.1, -0.05) is 26.8 Å². The van der Waals surface area contributed by atoms with Gasteiger partial charge in [0.15, 0.2) is 0 Å². The molecule has 1 aliphatic rings. The van der Waals surface area contributed by atoms with E-state index in [0.29, 0.717) is 18.7 Å². The minimum atomic E-state index is -0.235. The first-order valence-corrected chi connectivity index (χ1v) is 7.15. The molecular formula is C16H23N3O2. The quantitative estimate of drug-likeness (QED) is 0.925. The number of amides is 1. The summed E-state index contributed by atoms with van der Waals surface area (Å²) in [4.78, 5) is 12.7. The first kappa shape index (κ1) is 15.5. The van der Waals surface area contributed by atoms with Gasteiger partial charge in [-0.3, -0.25) is 4.79 Å². The molecule has 0 radical (unpaired) electrons. The van der Waals surface area contributed by atoms with E-state index in [1.54, 1.807) is 7.11 Å². The van der Waals surface area contributed by atoms with E-state index >= 15 is 0 Å². The van der Waals surface area contributed by atoms with Crippen LogP contribution in [0.4, 0.5) is 5.69 Å². The molecule has 1 unspecified atom stereocenters. The van der Waals surface area contributed by atoms with Crippen LogP contribution < -0.4 is 15.5 Å². The first-order chi connectivity index (χ1) is 9.88. The molecule has 21 heavy (non-hydrogen) atoms. The maximum Gasteiger partial charge on any atom is 0.256 e. The number of rotatable bonds is 4. The Labute approximate surface area is 125 Å². The van der Waals surface area contributed by atoms with Crippen LogP contribution in [-0.4, -0.2) is 25.3 Å². The minimum absolute atomic E-state index is 0.0152. The predicted octanol–water partition coefficient (Wildman–Crippen LogP) is 2.41. The van der Waals surface area contributed by atoms with Gasteiger partial charge >= 0.3 is 0 Å². The molecule has 2 N–H and O–H groups in total. The number of carbonyl (C=O) groups is 1. The molecule has 1 atom stereocenters. The third-order valence-corrected chi connectivity index (χ3v) is 3.57. The Kier molecular flexibility index (Phi) is 4.32. The van der Waals surface area contributed by atoms with Crippen LogP contribution in [0.15, 0.2) is 29.4 Å². The number of benzene rings is 1. The number of hydrogen-bond acceptors (Lipinski definition) is 4. The lowest BCUT2D eigenvalue weighted by Crippen LogP contribution is -2.33. The third-order valence-electron chi connectivity index (χ3n) is 3.57. The van der Waals surface area contributed by atoms with E-state index in [9.17, 15) is 4.79 Å². The standard InChI is InChI=1S/C16H23N3O2/c1-16(2,3)14-13(8-9-17)15(20)19(18-14)11-6-5-7-12(10-11)21-4/h5-7,10,13H,8-9,17H2,1-4H3. The zero-order chi connectivity index (χ0) is 15.6. The van der Waals surface area contributed by atoms with E-state index in [4.69, 9.17) is 10.5 Å². The monoisotopic (exact) mass is 289 g/mol. The second-order valence-electron chi connectivity index (χ2n) is 6.22. The van der Waals surface area contributed by atoms with Gasteiger partial charge < -0.3 is 10.5 Å². The number of ether oxygens (including phenoxy) is 1. The van der Waals surface area contributed by atoms with Crippen LogP contribution in [0, 0.1) is 11.3 Å². The van der Waals surface area contributed by atoms with Gasteiger partial charge in [0.2, 0.25) is 0 Å². The molecule has 0 saturated carbocycles. The van der Waals surface area contributed by atoms with Crippen molar-refractivity contribution in [3.8, 4) is 5.75 Å². The Morgan fingerprint density at radius 2 is 2.10 bits per heavy atom. The summed E-state index contributed by atoms with van der Waals surface area (Å²) in [6, 6.07) is 7.36. The predicted molar refractivity (Wildman–Crippen MR) is 84.5 cm³/mol. The van der Waals surface area contributed by atoms with E-state index in [2.05, 4.69) is 25.9 Å². The largest absolute Gasteiger partial charge is 0.497 e. The average Bonchev–Trinajstić information content (AvgIpc) is 2.77. The molecule has 1 heterocycles. The van der Waals surface area contributed by atoms with Gasteiger partial charge in [0, 0.05) is 11.5 Å². The second kappa shape index (κ2) is 5.85. The van der Waals surface area contributed by atoms with E-state index in [1.807, 2.05) is 24.3 Å². The maximum atomic E-state index is 12.7. The smallest absolute Gasteiger partial charge is 0.256 e. The third kappa shape index (κ3) is 3.08. The molecule has 1 aromatic rings. The molecule has 2 rings (SSSR count). The Bertz CT molecular complexity index is 561. The highest BCUT2D eigenvalue weighted by molar-refractivity contribution is 6.17. The molecule has 5 heteroatoms. The molecule has 1 aromatic carbocycles. The summed E-state index contributed by atoms with van der Waals surface area (Å²) < 4.78 is 5.21. The Hall–Kier alpha value is -1.88. The average molecular weight is 289 g/mol. The van der Waals surface area contributed by atoms with Gasteiger partial charge in [-0.25, -0.2) is 5.01 Å². The lowest BCUT2D eigenvalue weighted by atomic mass is 9.81. The van der Waals surface area contributed by atoms with Gasteiger partial charge in [-0.2, -0.15) is 5.10 Å². The molecule has 5 nitrogen and oxygen atoms in total. The van der Waals surface area contributed by atoms with Crippen LogP contribution >= 0.6 is 0 Å². The molecule has 0 aliphatic carbocycles. The zero-order valence-electron chi connectivity index (χ0n) is 13.1. The number of hydrazone groups is 1. The van der Waals surface area contributed by atoms with Crippen molar-refractivity contribution in [2.75, 3.05) is 18.7 Å². The summed E-state index contributed by atoms with van der Waals surface area (Å²) >= 11 is 0. The molecule has 0 spiro atoms. The molecule has 1 aliphatic heterocycles. The van der Waals surface area contributed by atoms with Crippen molar-refractivity contribution in [1.82, 2.24) is 0 Å². The molecule has 1 amide bonds. The van der Waals surface area contributed by atoms with Gasteiger partial charge in [0.25, 0.3) is 5.91 Å². The molecule has 0 bridgehead atoms. The van der Waals surface area contributed by atoms with E-state index < -0.39 is 0 Å². The molecule has 0 saturated heterocycles. The van der Waals surface area contributed by atoms with Crippen LogP contribution in [0.3, 0.4) is 0 Å². The van der Waals surface area contributed by atoms with Gasteiger partial charge in [0.1, 0.15) is 5.75 Å². The van der Waals surface area contributed by atoms with Crippen LogP contribution in [0.2, 0.25) is 0 Å². The summed E-state index contributed by atoms with van der Waals surface area (Å²) in [5.41, 5.74) is 7.11. The summed E-state index contributed by atoms with van der Waals surface area (Å²) in [7, 11) is 1.60. The Morgan fingerprint density at radius 1 is 1.38 bits per heavy atom. The van der Waals surface area contributed by atoms with Gasteiger partial charge in [0.05, 0.1) is 24.4 Å². The van der Waals surface area contributed by atoms with E-state index in [1.165, 1.54) is 5.01 Å². The molecule has 0 aromatic heterocycles. The number of nitrogens with zero attached hydrogens (tertiary/aromatic N) is 2. The summed E-state index contributed by atoms with van der Waals surface area (Å²) in [6.07, 6.45) is 0.620. The fourth-order valence-corrected chi connectivity index (χ4v) is 2.52. The molecule has 114 valence electrons. The fourth-order valence-electron chi connectivity index (χ4n) is 2.52. The van der Waals surface area contributed by atoms with Crippen LogP contribution in [0.25, 0.3) is 0 Å². The van der Waals surface area contributed by atoms with E-state index in [0.717, 1.165) is 11.4 Å². The van der Waals surface area contributed by atoms with Crippen molar-refractivity contribution in [2.45, 2.75) is 27.2 Å². The van der Waals surface area contributed by atoms with Crippen LogP contribution in [0.1, 0.15) is 27.2 Å². The fraction of sp³-hybridized carbons (Fsp3) is 0.500. The van der Waals surface area contributed by atoms with Crippen LogP contribution in [0.5, 0.6) is 5.75 Å². The van der Waals surface area contributed by atoms with Crippen molar-refractivity contribution in [1.29, 1.82) is 0 Å². The Morgan fingerprint density at radius 3 is 2.67 bits per heavy atom. The van der Waals surface area contributed by atoms with Crippen molar-refractivity contribution >= 4 is 17.3 Å². The van der Waals surface area contributed by atoms with Gasteiger partial charge in [-0.15, -0.1) is 0 Å². The van der Waals surface area contributed by atoms with Crippen molar-refractivity contribution in [3.63, 3.8) is 0 Å². The molecule has 0 fully saturated rings. The van der Waals surface area contributed by atoms with Gasteiger partial charge in [-0.05, 0) is 25.1 Å². The number of anilines is 1. The topological polar surface area (TPSA) is 67.9 Å². The zero-order valence-corrected chi connectivity index (χ0v) is 13.1. The minimum Gasteiger partial charge on any atom is -0.497 e. The number of methoxy groups -OCH3 is 1. The maximum absolute atomic E-state index is 12.7. The number of nitrogens with two attached hydrogens (primary N) is 1. The SMILES string of the molecule is COc1cccc(N2N=C(C(C)(C)C)C(CCN)C2=O)c1. The summed E-state index contributed by atoms with van der Waals surface area (Å²) in [5, 5.41) is 6.05. The van der Waals surface area contributed by atoms with E-state index in [-0.39, 0.29) is 17.2 Å². The number of carbonyl (C=O) groups excluding carboxylic acids is 1. The lowest BCUT2D eigenvalue weighted by molar-refractivity contribution is -0.119. The number of hydrogen-bond donors (Lipinski definition) is 1. The van der Waals surface area contributed by atoms with Crippen molar-refractivity contribution in [3.05, 3.63) is 24.3 Å². The van der Waals surface area contributed by atoms with Crippen molar-refractivity contribution < 1.29 is 9.53 Å². The second-order valence-corrected chi connectivity index (χ2v) is 6.22. The Balaban J connectivity index is 2.40. The van der Waals surface area contributed by atoms with Crippen molar-refractivity contribution in [2.24, 2.45) is 22.2 Å². The highest BCUT2D eigenvalue weighted by atomic mass is 16.5. The summed E-state index contributed by atoms with van der Waals surface area (Å²) in [6.45, 7) is 6.67. The molecular weight excluding hydrogens is 266 g/mol. The highest BCUT2D eigenvalue weighted by Crippen LogP contribution is 2.34. The van der Waals surface area contributed by atoms with Crippen LogP contribution in [-0.2, 0) is 4.79 Å². The summed E-state index contributed by atoms with van der Waals surface area (Å²) in [5.74, 6) is 0.454. The lowest BCUT2D eigenvalue weighted by Gasteiger charge is -2.21. The first-order valence-electron chi connectivity index (χ1n) is 7.15. The normalized spacial score (nSPS) is 18.9.